The molecule has 5 heteroatoms. The molecule has 0 bridgehead atoms. The van der Waals surface area contributed by atoms with Crippen LogP contribution >= 0.6 is 17.4 Å². The maximum atomic E-state index is 5.87. The highest BCUT2D eigenvalue weighted by Gasteiger charge is 2.35. The van der Waals surface area contributed by atoms with Gasteiger partial charge in [-0.1, -0.05) is 15.9 Å². The van der Waals surface area contributed by atoms with Gasteiger partial charge in [0.1, 0.15) is 5.60 Å². The number of rotatable bonds is 4. The molecule has 1 rings (SSSR count). The van der Waals surface area contributed by atoms with E-state index in [0.29, 0.717) is 28.3 Å². The lowest BCUT2D eigenvalue weighted by atomic mass is 10.0. The van der Waals surface area contributed by atoms with Crippen LogP contribution in [0.1, 0.15) is 20.3 Å². The molecule has 0 aliphatic carbocycles. The molecule has 1 heterocycles. The van der Waals surface area contributed by atoms with Gasteiger partial charge in [-0.25, -0.2) is 0 Å². The zero-order chi connectivity index (χ0) is 9.73. The van der Waals surface area contributed by atoms with Crippen molar-refractivity contribution in [2.45, 2.75) is 32.0 Å². The van der Waals surface area contributed by atoms with Crippen molar-refractivity contribution in [3.63, 3.8) is 0 Å². The Morgan fingerprint density at radius 2 is 2.46 bits per heavy atom. The molecule has 13 heavy (non-hydrogen) atoms. The van der Waals surface area contributed by atoms with Crippen molar-refractivity contribution in [3.8, 4) is 0 Å². The Labute approximate surface area is 83.9 Å². The molecule has 0 radical (unpaired) electrons. The molecule has 1 saturated heterocycles. The van der Waals surface area contributed by atoms with Crippen LogP contribution in [0.2, 0.25) is 0 Å². The molecule has 4 unspecified atom stereocenters. The molecular weight excluding hydrogens is 206 g/mol. The summed E-state index contributed by atoms with van der Waals surface area (Å²) in [7, 11) is 3.01. The third kappa shape index (κ3) is 3.42. The Balaban J connectivity index is 2.46. The summed E-state index contributed by atoms with van der Waals surface area (Å²) in [6.45, 7) is 6.13. The van der Waals surface area contributed by atoms with Gasteiger partial charge >= 0.3 is 0 Å². The van der Waals surface area contributed by atoms with Gasteiger partial charge < -0.3 is 14.0 Å². The summed E-state index contributed by atoms with van der Waals surface area (Å²) >= 11 is 0. The minimum Gasteiger partial charge on any atom is -0.376 e. The molecule has 1 aliphatic heterocycles. The molecule has 0 N–H and O–H groups in total. The lowest BCUT2D eigenvalue weighted by Gasteiger charge is -2.39. The molecule has 0 aromatic heterocycles. The van der Waals surface area contributed by atoms with E-state index in [0.717, 1.165) is 6.42 Å². The van der Waals surface area contributed by atoms with E-state index in [1.165, 1.54) is 0 Å². The fraction of sp³-hybridized carbons (Fsp3) is 1.00. The first-order chi connectivity index (χ1) is 6.22. The van der Waals surface area contributed by atoms with Crippen molar-refractivity contribution in [2.24, 2.45) is 0 Å². The van der Waals surface area contributed by atoms with E-state index in [4.69, 9.17) is 14.0 Å². The van der Waals surface area contributed by atoms with E-state index in [1.807, 2.05) is 6.92 Å². The lowest BCUT2D eigenvalue weighted by molar-refractivity contribution is -0.204. The fourth-order valence-corrected chi connectivity index (χ4v) is 2.04. The van der Waals surface area contributed by atoms with Crippen molar-refractivity contribution < 1.29 is 14.0 Å². The van der Waals surface area contributed by atoms with Crippen LogP contribution in [0.4, 0.5) is 0 Å². The Morgan fingerprint density at radius 1 is 1.69 bits per heavy atom. The van der Waals surface area contributed by atoms with Crippen LogP contribution in [0.25, 0.3) is 0 Å². The normalized spacial score (nSPS) is 35.8. The lowest BCUT2D eigenvalue weighted by Crippen LogP contribution is -2.49. The average molecular weight is 224 g/mol. The maximum absolute atomic E-state index is 5.87. The second-order valence-corrected chi connectivity index (χ2v) is 4.62. The van der Waals surface area contributed by atoms with Crippen LogP contribution in [-0.4, -0.2) is 31.5 Å². The van der Waals surface area contributed by atoms with Gasteiger partial charge in [-0.15, -0.1) is 0 Å². The van der Waals surface area contributed by atoms with Crippen LogP contribution in [0.5, 0.6) is 0 Å². The number of ether oxygens (including phenoxy) is 2. The molecule has 0 aromatic rings. The largest absolute Gasteiger partial charge is 0.376 e. The predicted molar refractivity (Wildman–Crippen MR) is 58.4 cm³/mol. The van der Waals surface area contributed by atoms with Gasteiger partial charge in [0.05, 0.1) is 25.9 Å². The highest BCUT2D eigenvalue weighted by Crippen LogP contribution is 2.29. The van der Waals surface area contributed by atoms with Crippen LogP contribution in [-0.2, 0) is 14.0 Å². The summed E-state index contributed by atoms with van der Waals surface area (Å²) in [5.74, 6) is 0. The van der Waals surface area contributed by atoms with Gasteiger partial charge in [-0.05, 0) is 13.3 Å². The average Bonchev–Trinajstić information content (AvgIpc) is 2.15. The highest BCUT2D eigenvalue weighted by atomic mass is 32.0. The summed E-state index contributed by atoms with van der Waals surface area (Å²) in [5, 5.41) is 0. The molecule has 1 aliphatic rings. The molecule has 0 amide bonds. The first-order valence-electron chi connectivity index (χ1n) is 4.55. The summed E-state index contributed by atoms with van der Waals surface area (Å²) in [5.41, 5.74) is -0.207. The van der Waals surface area contributed by atoms with E-state index in [9.17, 15) is 0 Å². The summed E-state index contributed by atoms with van der Waals surface area (Å²) in [6.07, 6.45) is 1.12. The summed E-state index contributed by atoms with van der Waals surface area (Å²) in [6, 6.07) is 0. The Morgan fingerprint density at radius 3 is 3.00 bits per heavy atom. The van der Waals surface area contributed by atoms with Gasteiger partial charge in [0.25, 0.3) is 0 Å². The quantitative estimate of drug-likeness (QED) is 0.683. The van der Waals surface area contributed by atoms with E-state index in [1.54, 1.807) is 0 Å². The first kappa shape index (κ1) is 11.8. The molecule has 4 atom stereocenters. The Hall–Kier alpha value is 0.740. The third-order valence-corrected chi connectivity index (χ3v) is 3.04. The highest BCUT2D eigenvalue weighted by molar-refractivity contribution is 8.00. The van der Waals surface area contributed by atoms with Crippen molar-refractivity contribution >= 4 is 17.4 Å². The number of hydrogen-bond acceptors (Lipinski definition) is 3. The monoisotopic (exact) mass is 224 g/mol. The molecule has 0 aromatic carbocycles. The van der Waals surface area contributed by atoms with Gasteiger partial charge in [0.2, 0.25) is 0 Å². The van der Waals surface area contributed by atoms with Gasteiger partial charge in [0.15, 0.2) is 0 Å². The van der Waals surface area contributed by atoms with Crippen molar-refractivity contribution in [1.82, 2.24) is 0 Å². The molecule has 3 nitrogen and oxygen atoms in total. The molecule has 0 spiro atoms. The van der Waals surface area contributed by atoms with Crippen LogP contribution < -0.4 is 0 Å². The standard InChI is InChI=1S/C8H18O3P2/c1-3-8(6-10-13-12)5-9-4-7(2)11-8/h7,13H,3-6,12H2,1-2H3. The van der Waals surface area contributed by atoms with E-state index in [-0.39, 0.29) is 11.7 Å². The van der Waals surface area contributed by atoms with Crippen molar-refractivity contribution in [1.29, 1.82) is 0 Å². The zero-order valence-electron chi connectivity index (χ0n) is 8.21. The molecule has 1 fully saturated rings. The SMILES string of the molecule is CCC1(COPP)COCC(C)O1. The molecule has 0 saturated carbocycles. The Kier molecular flexibility index (Phi) is 5.07. The van der Waals surface area contributed by atoms with Crippen molar-refractivity contribution in [2.75, 3.05) is 19.8 Å². The van der Waals surface area contributed by atoms with Crippen LogP contribution in [0, 0.1) is 0 Å². The van der Waals surface area contributed by atoms with Crippen LogP contribution in [0.3, 0.4) is 0 Å². The van der Waals surface area contributed by atoms with Crippen molar-refractivity contribution in [3.05, 3.63) is 0 Å². The third-order valence-electron chi connectivity index (χ3n) is 2.23. The predicted octanol–water partition coefficient (Wildman–Crippen LogP) is 1.97. The number of hydrogen-bond donors (Lipinski definition) is 0. The molecule has 78 valence electrons. The Bertz CT molecular complexity index is 156. The smallest absolute Gasteiger partial charge is 0.115 e. The van der Waals surface area contributed by atoms with Gasteiger partial charge in [0, 0.05) is 8.50 Å². The molecular formula is C8H18O3P2. The fourth-order valence-electron chi connectivity index (χ4n) is 1.44. The zero-order valence-corrected chi connectivity index (χ0v) is 10.4. The minimum absolute atomic E-state index is 0.185. The van der Waals surface area contributed by atoms with Crippen LogP contribution in [0.15, 0.2) is 0 Å². The van der Waals surface area contributed by atoms with E-state index < -0.39 is 0 Å². The van der Waals surface area contributed by atoms with E-state index in [2.05, 4.69) is 15.9 Å². The topological polar surface area (TPSA) is 27.7 Å². The first-order valence-corrected chi connectivity index (χ1v) is 7.27. The van der Waals surface area contributed by atoms with E-state index >= 15 is 0 Å². The maximum Gasteiger partial charge on any atom is 0.115 e. The minimum atomic E-state index is -0.207. The summed E-state index contributed by atoms with van der Waals surface area (Å²) < 4.78 is 16.7. The summed E-state index contributed by atoms with van der Waals surface area (Å²) in [4.78, 5) is 0. The second-order valence-electron chi connectivity index (χ2n) is 3.39. The second kappa shape index (κ2) is 5.58. The van der Waals surface area contributed by atoms with Gasteiger partial charge in [-0.2, -0.15) is 0 Å². The van der Waals surface area contributed by atoms with Gasteiger partial charge in [-0.3, -0.25) is 0 Å².